The molecule has 0 N–H and O–H groups in total. The number of hydrogen-bond acceptors (Lipinski definition) is 2. The fourth-order valence-electron chi connectivity index (χ4n) is 3.08. The largest absolute Gasteiger partial charge is 0.369 e. The molecule has 2 saturated carbocycles. The molecule has 2 nitrogen and oxygen atoms in total. The zero-order valence-corrected chi connectivity index (χ0v) is 6.58. The first-order valence-corrected chi connectivity index (χ1v) is 4.31. The maximum Gasteiger partial charge on any atom is 0.0888 e. The minimum atomic E-state index is -0.0532. The summed E-state index contributed by atoms with van der Waals surface area (Å²) in [6, 6.07) is 2.45. The van der Waals surface area contributed by atoms with Crippen molar-refractivity contribution in [2.45, 2.75) is 32.0 Å². The molecule has 11 heavy (non-hydrogen) atoms. The first kappa shape index (κ1) is 6.02. The van der Waals surface area contributed by atoms with E-state index in [0.29, 0.717) is 18.1 Å². The zero-order chi connectivity index (χ0) is 7.64. The number of hydrogen-bond donors (Lipinski definition) is 0. The molecule has 0 aromatic rings. The van der Waals surface area contributed by atoms with Crippen LogP contribution in [-0.4, -0.2) is 12.2 Å². The van der Waals surface area contributed by atoms with Crippen molar-refractivity contribution in [1.82, 2.24) is 0 Å². The molecule has 0 amide bonds. The molecule has 1 saturated heterocycles. The lowest BCUT2D eigenvalue weighted by Crippen LogP contribution is -2.27. The minimum Gasteiger partial charge on any atom is -0.369 e. The summed E-state index contributed by atoms with van der Waals surface area (Å²) in [5.41, 5.74) is -0.0532. The monoisotopic (exact) mass is 149 g/mol. The molecule has 0 radical (unpaired) electrons. The van der Waals surface area contributed by atoms with Gasteiger partial charge in [0, 0.05) is 5.92 Å². The second kappa shape index (κ2) is 1.47. The molecule has 2 aliphatic carbocycles. The second-order valence-electron chi connectivity index (χ2n) is 4.40. The summed E-state index contributed by atoms with van der Waals surface area (Å²) in [7, 11) is 0. The summed E-state index contributed by atoms with van der Waals surface area (Å²) in [6.07, 6.45) is 3.36. The first-order chi connectivity index (χ1) is 5.24. The van der Waals surface area contributed by atoms with Gasteiger partial charge >= 0.3 is 0 Å². The average molecular weight is 149 g/mol. The van der Waals surface area contributed by atoms with Crippen molar-refractivity contribution in [2.24, 2.45) is 17.3 Å². The molecule has 3 fully saturated rings. The third kappa shape index (κ3) is 0.530. The molecule has 58 valence electrons. The van der Waals surface area contributed by atoms with Gasteiger partial charge in [-0.25, -0.2) is 0 Å². The highest BCUT2D eigenvalue weighted by molar-refractivity contribution is 5.20. The maximum absolute atomic E-state index is 8.98. The summed E-state index contributed by atoms with van der Waals surface area (Å²) in [4.78, 5) is 0. The zero-order valence-electron chi connectivity index (χ0n) is 6.58. The highest BCUT2D eigenvalue weighted by atomic mass is 16.6. The van der Waals surface area contributed by atoms with E-state index in [1.807, 2.05) is 0 Å². The first-order valence-electron chi connectivity index (χ1n) is 4.31. The molecule has 1 heterocycles. The highest BCUT2D eigenvalue weighted by Gasteiger charge is 2.67. The Kier molecular flexibility index (Phi) is 0.803. The predicted octanol–water partition coefficient (Wildman–Crippen LogP) is 1.32. The maximum atomic E-state index is 8.98. The van der Waals surface area contributed by atoms with Crippen LogP contribution in [0.4, 0.5) is 0 Å². The lowest BCUT2D eigenvalue weighted by Gasteiger charge is -2.23. The van der Waals surface area contributed by atoms with Gasteiger partial charge in [-0.3, -0.25) is 0 Å². The normalized spacial score (nSPS) is 64.0. The molecule has 3 rings (SSSR count). The Morgan fingerprint density at radius 3 is 2.91 bits per heavy atom. The number of epoxide rings is 1. The third-order valence-electron chi connectivity index (χ3n) is 3.74. The van der Waals surface area contributed by atoms with E-state index < -0.39 is 0 Å². The molecule has 0 aromatic heterocycles. The summed E-state index contributed by atoms with van der Waals surface area (Å²) in [5.74, 6) is 1.28. The van der Waals surface area contributed by atoms with Gasteiger partial charge in [-0.15, -0.1) is 0 Å². The van der Waals surface area contributed by atoms with Gasteiger partial charge in [0.15, 0.2) is 0 Å². The molecule has 5 unspecified atom stereocenters. The lowest BCUT2D eigenvalue weighted by molar-refractivity contribution is 0.230. The molecule has 3 aliphatic rings. The Hall–Kier alpha value is -0.550. The quantitative estimate of drug-likeness (QED) is 0.487. The van der Waals surface area contributed by atoms with Crippen LogP contribution >= 0.6 is 0 Å². The van der Waals surface area contributed by atoms with Crippen molar-refractivity contribution in [1.29, 1.82) is 5.26 Å². The summed E-state index contributed by atoms with van der Waals surface area (Å²) < 4.78 is 5.49. The summed E-state index contributed by atoms with van der Waals surface area (Å²) >= 11 is 0. The van der Waals surface area contributed by atoms with Crippen molar-refractivity contribution in [3.8, 4) is 6.07 Å². The Labute approximate surface area is 66.1 Å². The van der Waals surface area contributed by atoms with Crippen LogP contribution in [-0.2, 0) is 4.74 Å². The Balaban J connectivity index is 1.99. The second-order valence-corrected chi connectivity index (χ2v) is 4.40. The van der Waals surface area contributed by atoms with Crippen molar-refractivity contribution in [2.75, 3.05) is 0 Å². The van der Waals surface area contributed by atoms with Crippen LogP contribution in [0.15, 0.2) is 0 Å². The van der Waals surface area contributed by atoms with Gasteiger partial charge in [0.25, 0.3) is 0 Å². The topological polar surface area (TPSA) is 36.3 Å². The molecule has 2 heteroatoms. The van der Waals surface area contributed by atoms with Crippen LogP contribution in [0, 0.1) is 28.6 Å². The van der Waals surface area contributed by atoms with Gasteiger partial charge in [-0.05, 0) is 25.7 Å². The van der Waals surface area contributed by atoms with Crippen LogP contribution in [0.1, 0.15) is 19.8 Å². The van der Waals surface area contributed by atoms with Gasteiger partial charge in [0.1, 0.15) is 0 Å². The van der Waals surface area contributed by atoms with Crippen molar-refractivity contribution in [3.63, 3.8) is 0 Å². The van der Waals surface area contributed by atoms with E-state index in [4.69, 9.17) is 10.00 Å². The van der Waals surface area contributed by atoms with Gasteiger partial charge < -0.3 is 4.74 Å². The van der Waals surface area contributed by atoms with Gasteiger partial charge in [-0.1, -0.05) is 0 Å². The van der Waals surface area contributed by atoms with Crippen molar-refractivity contribution < 1.29 is 4.74 Å². The van der Waals surface area contributed by atoms with E-state index in [-0.39, 0.29) is 5.41 Å². The van der Waals surface area contributed by atoms with E-state index in [1.54, 1.807) is 0 Å². The van der Waals surface area contributed by atoms with Crippen LogP contribution in [0.25, 0.3) is 0 Å². The number of ether oxygens (including phenoxy) is 1. The van der Waals surface area contributed by atoms with E-state index in [9.17, 15) is 0 Å². The third-order valence-corrected chi connectivity index (χ3v) is 3.74. The van der Waals surface area contributed by atoms with Crippen LogP contribution in [0.2, 0.25) is 0 Å². The fourth-order valence-corrected chi connectivity index (χ4v) is 3.08. The van der Waals surface area contributed by atoms with E-state index >= 15 is 0 Å². The Morgan fingerprint density at radius 2 is 2.36 bits per heavy atom. The fraction of sp³-hybridized carbons (Fsp3) is 0.889. The molecular weight excluding hydrogens is 138 g/mol. The average Bonchev–Trinajstić information content (AvgIpc) is 2.65. The number of rotatable bonds is 0. The number of nitrogens with zero attached hydrogens (tertiary/aromatic N) is 1. The van der Waals surface area contributed by atoms with Crippen LogP contribution in [0.3, 0.4) is 0 Å². The van der Waals surface area contributed by atoms with Crippen LogP contribution in [0.5, 0.6) is 0 Å². The minimum absolute atomic E-state index is 0.0532. The SMILES string of the molecule is CC1(C#N)CC2CC1C1OC21. The smallest absolute Gasteiger partial charge is 0.0888 e. The van der Waals surface area contributed by atoms with Gasteiger partial charge in [0.05, 0.1) is 23.7 Å². The predicted molar refractivity (Wildman–Crippen MR) is 38.6 cm³/mol. The van der Waals surface area contributed by atoms with Crippen LogP contribution < -0.4 is 0 Å². The molecule has 1 aliphatic heterocycles. The molecule has 5 atom stereocenters. The van der Waals surface area contributed by atoms with E-state index in [0.717, 1.165) is 12.3 Å². The van der Waals surface area contributed by atoms with E-state index in [1.165, 1.54) is 6.42 Å². The lowest BCUT2D eigenvalue weighted by atomic mass is 9.76. The Morgan fingerprint density at radius 1 is 1.55 bits per heavy atom. The molecular formula is C9H11NO. The standard InChI is InChI=1S/C9H11NO/c1-9(4-10)3-5-2-6(9)8-7(5)11-8/h5-8H,2-3H2,1H3. The van der Waals surface area contributed by atoms with Crippen molar-refractivity contribution in [3.05, 3.63) is 0 Å². The van der Waals surface area contributed by atoms with Crippen molar-refractivity contribution >= 4 is 0 Å². The number of fused-ring (bicyclic) bond motifs is 5. The van der Waals surface area contributed by atoms with Gasteiger partial charge in [0.2, 0.25) is 0 Å². The molecule has 2 bridgehead atoms. The van der Waals surface area contributed by atoms with E-state index in [2.05, 4.69) is 13.0 Å². The summed E-state index contributed by atoms with van der Waals surface area (Å²) in [5, 5.41) is 8.98. The molecule has 0 aromatic carbocycles. The Bertz CT molecular complexity index is 257. The molecule has 0 spiro atoms. The highest BCUT2D eigenvalue weighted by Crippen LogP contribution is 2.63. The number of nitriles is 1. The summed E-state index contributed by atoms with van der Waals surface area (Å²) in [6.45, 7) is 2.09. The van der Waals surface area contributed by atoms with Gasteiger partial charge in [-0.2, -0.15) is 5.26 Å².